The Labute approximate surface area is 144 Å². The third-order valence-electron chi connectivity index (χ3n) is 3.47. The Morgan fingerprint density at radius 1 is 1.38 bits per heavy atom. The van der Waals surface area contributed by atoms with Crippen molar-refractivity contribution in [2.24, 2.45) is 0 Å². The maximum atomic E-state index is 11.2. The molecule has 0 saturated heterocycles. The molecule has 0 aliphatic heterocycles. The predicted molar refractivity (Wildman–Crippen MR) is 89.6 cm³/mol. The van der Waals surface area contributed by atoms with Crippen molar-refractivity contribution in [3.8, 4) is 0 Å². The van der Waals surface area contributed by atoms with Gasteiger partial charge in [0.25, 0.3) is 0 Å². The number of imidazole rings is 1. The summed E-state index contributed by atoms with van der Waals surface area (Å²) in [5.74, 6) is -1.01. The van der Waals surface area contributed by atoms with Crippen molar-refractivity contribution in [2.45, 2.75) is 6.42 Å². The fourth-order valence-electron chi connectivity index (χ4n) is 2.42. The van der Waals surface area contributed by atoms with Crippen molar-refractivity contribution in [2.75, 3.05) is 0 Å². The van der Waals surface area contributed by atoms with Gasteiger partial charge in [-0.2, -0.15) is 0 Å². The zero-order valence-electron chi connectivity index (χ0n) is 12.1. The summed E-state index contributed by atoms with van der Waals surface area (Å²) < 4.78 is 7.46. The maximum Gasteiger partial charge on any atom is 0.223 e. The van der Waals surface area contributed by atoms with Crippen LogP contribution >= 0.6 is 22.9 Å². The molecule has 0 N–H and O–H groups in total. The van der Waals surface area contributed by atoms with Gasteiger partial charge < -0.3 is 14.3 Å². The lowest BCUT2D eigenvalue weighted by Crippen LogP contribution is -2.22. The number of carboxylic acid groups (broad SMARTS) is 1. The van der Waals surface area contributed by atoms with Gasteiger partial charge in [-0.25, -0.2) is 9.97 Å². The lowest BCUT2D eigenvalue weighted by molar-refractivity contribution is -0.304. The molecular weight excluding hydrogens is 350 g/mol. The fraction of sp³-hybridized carbons (Fsp3) is 0.0625. The SMILES string of the molecule is O=C([O-])C/C(=C\c1c(Cl)nc2sccn12)c1nc2ccccc2o1. The molecule has 120 valence electrons. The molecule has 0 aliphatic carbocycles. The maximum absolute atomic E-state index is 11.2. The Morgan fingerprint density at radius 3 is 3.00 bits per heavy atom. The normalized spacial score (nSPS) is 12.3. The van der Waals surface area contributed by atoms with Crippen LogP contribution in [0.5, 0.6) is 0 Å². The van der Waals surface area contributed by atoms with Crippen LogP contribution in [0.3, 0.4) is 0 Å². The van der Waals surface area contributed by atoms with Gasteiger partial charge in [0.15, 0.2) is 15.7 Å². The number of nitrogens with zero attached hydrogens (tertiary/aromatic N) is 3. The van der Waals surface area contributed by atoms with Crippen LogP contribution in [-0.2, 0) is 4.79 Å². The Balaban J connectivity index is 1.88. The Morgan fingerprint density at radius 2 is 2.21 bits per heavy atom. The van der Waals surface area contributed by atoms with Crippen LogP contribution in [0, 0.1) is 0 Å². The highest BCUT2D eigenvalue weighted by Gasteiger charge is 2.15. The quantitative estimate of drug-likeness (QED) is 0.560. The summed E-state index contributed by atoms with van der Waals surface area (Å²) >= 11 is 7.61. The number of para-hydroxylation sites is 2. The molecule has 0 aliphatic rings. The average Bonchev–Trinajstić information content (AvgIpc) is 3.22. The van der Waals surface area contributed by atoms with Gasteiger partial charge in [-0.3, -0.25) is 4.40 Å². The van der Waals surface area contributed by atoms with Gasteiger partial charge in [-0.15, -0.1) is 11.3 Å². The molecule has 1 aromatic carbocycles. The first-order chi connectivity index (χ1) is 11.6. The lowest BCUT2D eigenvalue weighted by Gasteiger charge is -2.04. The van der Waals surface area contributed by atoms with Gasteiger partial charge in [-0.1, -0.05) is 23.7 Å². The standard InChI is InChI=1S/C16H10ClN3O3S/c17-14-11(20-5-6-24-16(20)19-14)7-9(8-13(21)22)15-18-10-3-1-2-4-12(10)23-15/h1-7H,8H2,(H,21,22)/p-1/b9-7+. The zero-order valence-corrected chi connectivity index (χ0v) is 13.7. The number of fused-ring (bicyclic) bond motifs is 2. The number of hydrogen-bond acceptors (Lipinski definition) is 6. The van der Waals surface area contributed by atoms with Crippen LogP contribution in [-0.4, -0.2) is 20.3 Å². The molecule has 3 aromatic heterocycles. The number of benzene rings is 1. The molecule has 0 fully saturated rings. The summed E-state index contributed by atoms with van der Waals surface area (Å²) in [5, 5.41) is 13.3. The molecule has 0 radical (unpaired) electrons. The van der Waals surface area contributed by atoms with Crippen LogP contribution < -0.4 is 5.11 Å². The monoisotopic (exact) mass is 358 g/mol. The second-order valence-electron chi connectivity index (χ2n) is 5.05. The summed E-state index contributed by atoms with van der Waals surface area (Å²) in [6.07, 6.45) is 3.09. The number of thiazole rings is 1. The molecule has 0 amide bonds. The van der Waals surface area contributed by atoms with Crippen LogP contribution in [0.2, 0.25) is 5.15 Å². The van der Waals surface area contributed by atoms with E-state index in [2.05, 4.69) is 9.97 Å². The highest BCUT2D eigenvalue weighted by Crippen LogP contribution is 2.29. The minimum Gasteiger partial charge on any atom is -0.550 e. The number of rotatable bonds is 4. The van der Waals surface area contributed by atoms with E-state index < -0.39 is 5.97 Å². The number of oxazole rings is 1. The Hall–Kier alpha value is -2.64. The molecule has 24 heavy (non-hydrogen) atoms. The fourth-order valence-corrected chi connectivity index (χ4v) is 3.42. The van der Waals surface area contributed by atoms with Crippen molar-refractivity contribution in [1.82, 2.24) is 14.4 Å². The topological polar surface area (TPSA) is 83.5 Å². The first-order valence-corrected chi connectivity index (χ1v) is 8.25. The van der Waals surface area contributed by atoms with Crippen molar-refractivity contribution in [1.29, 1.82) is 0 Å². The van der Waals surface area contributed by atoms with E-state index in [9.17, 15) is 9.90 Å². The molecule has 3 heterocycles. The van der Waals surface area contributed by atoms with Gasteiger partial charge in [0.2, 0.25) is 5.89 Å². The van der Waals surface area contributed by atoms with Crippen molar-refractivity contribution in [3.63, 3.8) is 0 Å². The van der Waals surface area contributed by atoms with E-state index in [1.165, 1.54) is 11.3 Å². The van der Waals surface area contributed by atoms with Crippen molar-refractivity contribution < 1.29 is 14.3 Å². The van der Waals surface area contributed by atoms with Crippen molar-refractivity contribution >= 4 is 56.6 Å². The molecule has 0 saturated carbocycles. The van der Waals surface area contributed by atoms with E-state index in [-0.39, 0.29) is 17.5 Å². The number of carbonyl (C=O) groups is 1. The third-order valence-corrected chi connectivity index (χ3v) is 4.50. The van der Waals surface area contributed by atoms with Crippen LogP contribution in [0.15, 0.2) is 40.3 Å². The molecule has 4 aromatic rings. The number of hydrogen-bond donors (Lipinski definition) is 0. The van der Waals surface area contributed by atoms with Crippen LogP contribution in [0.1, 0.15) is 18.0 Å². The average molecular weight is 359 g/mol. The minimum atomic E-state index is -1.23. The van der Waals surface area contributed by atoms with E-state index in [0.29, 0.717) is 22.4 Å². The Kier molecular flexibility index (Phi) is 3.59. The van der Waals surface area contributed by atoms with Gasteiger partial charge in [0.1, 0.15) is 5.52 Å². The summed E-state index contributed by atoms with van der Waals surface area (Å²) in [4.78, 5) is 20.4. The number of carbonyl (C=O) groups excluding carboxylic acids is 1. The molecule has 0 atom stereocenters. The smallest absolute Gasteiger partial charge is 0.223 e. The molecule has 0 unspecified atom stereocenters. The van der Waals surface area contributed by atoms with Gasteiger partial charge >= 0.3 is 0 Å². The molecule has 0 bridgehead atoms. The number of aromatic nitrogens is 3. The zero-order chi connectivity index (χ0) is 16.7. The minimum absolute atomic E-state index is 0.224. The molecule has 0 spiro atoms. The predicted octanol–water partition coefficient (Wildman–Crippen LogP) is 2.87. The first kappa shape index (κ1) is 14.9. The lowest BCUT2D eigenvalue weighted by atomic mass is 10.1. The molecular formula is C16H9ClN3O3S-. The molecule has 8 heteroatoms. The van der Waals surface area contributed by atoms with E-state index in [1.54, 1.807) is 22.6 Å². The first-order valence-electron chi connectivity index (χ1n) is 6.99. The summed E-state index contributed by atoms with van der Waals surface area (Å²) in [5.41, 5.74) is 2.17. The van der Waals surface area contributed by atoms with E-state index in [1.807, 2.05) is 23.7 Å². The molecule has 6 nitrogen and oxygen atoms in total. The second kappa shape index (κ2) is 5.77. The van der Waals surface area contributed by atoms with Crippen LogP contribution in [0.4, 0.5) is 0 Å². The number of aliphatic carboxylic acids is 1. The molecule has 4 rings (SSSR count). The van der Waals surface area contributed by atoms with E-state index in [4.69, 9.17) is 16.0 Å². The van der Waals surface area contributed by atoms with Gasteiger partial charge in [0.05, 0.1) is 5.69 Å². The largest absolute Gasteiger partial charge is 0.550 e. The van der Waals surface area contributed by atoms with E-state index in [0.717, 1.165) is 4.96 Å². The second-order valence-corrected chi connectivity index (χ2v) is 6.28. The summed E-state index contributed by atoms with van der Waals surface area (Å²) in [7, 11) is 0. The third kappa shape index (κ3) is 2.57. The van der Waals surface area contributed by atoms with Gasteiger partial charge in [-0.05, 0) is 18.2 Å². The summed E-state index contributed by atoms with van der Waals surface area (Å²) in [6.45, 7) is 0. The highest BCUT2D eigenvalue weighted by molar-refractivity contribution is 7.15. The Bertz CT molecular complexity index is 1060. The number of carboxylic acids is 1. The van der Waals surface area contributed by atoms with Crippen molar-refractivity contribution in [3.05, 3.63) is 52.6 Å². The van der Waals surface area contributed by atoms with E-state index >= 15 is 0 Å². The summed E-state index contributed by atoms with van der Waals surface area (Å²) in [6, 6.07) is 7.22. The van der Waals surface area contributed by atoms with Gasteiger partial charge in [0, 0.05) is 29.5 Å². The highest BCUT2D eigenvalue weighted by atomic mass is 35.5. The van der Waals surface area contributed by atoms with Crippen LogP contribution in [0.25, 0.3) is 27.7 Å². The number of halogens is 1.